The number of hydrogen-bond donors (Lipinski definition) is 3. The molecule has 108 valence electrons. The lowest BCUT2D eigenvalue weighted by Gasteiger charge is -2.17. The second-order valence-electron chi connectivity index (χ2n) is 3.93. The molecule has 9 heteroatoms. The van der Waals surface area contributed by atoms with Crippen molar-refractivity contribution in [2.24, 2.45) is 0 Å². The van der Waals surface area contributed by atoms with Crippen molar-refractivity contribution >= 4 is 29.2 Å². The van der Waals surface area contributed by atoms with Crippen LogP contribution in [0.4, 0.5) is 5.69 Å². The molecule has 20 heavy (non-hydrogen) atoms. The smallest absolute Gasteiger partial charge is 0.328 e. The highest BCUT2D eigenvalue weighted by Gasteiger charge is 2.27. The summed E-state index contributed by atoms with van der Waals surface area (Å²) in [4.78, 5) is 32.6. The van der Waals surface area contributed by atoms with Crippen LogP contribution in [0.2, 0.25) is 5.02 Å². The number of amides is 1. The predicted octanol–water partition coefficient (Wildman–Crippen LogP) is 0.812. The van der Waals surface area contributed by atoms with Crippen LogP contribution in [0, 0.1) is 10.1 Å². The van der Waals surface area contributed by atoms with Gasteiger partial charge in [-0.25, -0.2) is 4.79 Å². The molecule has 1 aromatic carbocycles. The van der Waals surface area contributed by atoms with Gasteiger partial charge < -0.3 is 15.5 Å². The fourth-order valence-corrected chi connectivity index (χ4v) is 1.72. The van der Waals surface area contributed by atoms with Gasteiger partial charge in [-0.05, 0) is 13.0 Å². The molecule has 0 heterocycles. The number of carboxylic acids is 1. The number of carbonyl (C=O) groups is 2. The van der Waals surface area contributed by atoms with Crippen LogP contribution in [0.5, 0.6) is 0 Å². The van der Waals surface area contributed by atoms with Gasteiger partial charge >= 0.3 is 5.97 Å². The van der Waals surface area contributed by atoms with Gasteiger partial charge in [0.2, 0.25) is 0 Å². The van der Waals surface area contributed by atoms with Crippen LogP contribution >= 0.6 is 11.6 Å². The molecule has 0 unspecified atom stereocenters. The van der Waals surface area contributed by atoms with E-state index in [1.807, 2.05) is 5.32 Å². The summed E-state index contributed by atoms with van der Waals surface area (Å²) in [7, 11) is 0. The van der Waals surface area contributed by atoms with Crippen LogP contribution in [0.3, 0.4) is 0 Å². The first kappa shape index (κ1) is 15.9. The predicted molar refractivity (Wildman–Crippen MR) is 68.7 cm³/mol. The Kier molecular flexibility index (Phi) is 5.00. The summed E-state index contributed by atoms with van der Waals surface area (Å²) in [5.41, 5.74) is -0.712. The zero-order chi connectivity index (χ0) is 15.4. The zero-order valence-electron chi connectivity index (χ0n) is 10.2. The average Bonchev–Trinajstić information content (AvgIpc) is 2.34. The number of carboxylic acid groups (broad SMARTS) is 1. The Balaban J connectivity index is 3.07. The summed E-state index contributed by atoms with van der Waals surface area (Å²) >= 11 is 5.73. The van der Waals surface area contributed by atoms with Crippen LogP contribution < -0.4 is 5.32 Å². The molecule has 0 aliphatic rings. The molecule has 0 bridgehead atoms. The average molecular weight is 303 g/mol. The van der Waals surface area contributed by atoms with Gasteiger partial charge in [-0.1, -0.05) is 17.7 Å². The molecule has 3 N–H and O–H groups in total. The number of nitro benzene ring substituents is 1. The van der Waals surface area contributed by atoms with Gasteiger partial charge in [0.05, 0.1) is 16.6 Å². The van der Waals surface area contributed by atoms with Gasteiger partial charge in [-0.15, -0.1) is 0 Å². The number of hydrogen-bond acceptors (Lipinski definition) is 5. The van der Waals surface area contributed by atoms with E-state index in [0.29, 0.717) is 0 Å². The molecular weight excluding hydrogens is 292 g/mol. The van der Waals surface area contributed by atoms with Crippen molar-refractivity contribution in [1.82, 2.24) is 5.32 Å². The standard InChI is InChI=1S/C11H11ClN2O6/c1-5(15)9(11(17)18)13-10(16)6-3-2-4-7(8(6)12)14(19)20/h2-5,9,15H,1H3,(H,13,16)(H,17,18)/t5-,9+/m1/s1. The molecule has 1 rings (SSSR count). The third kappa shape index (κ3) is 3.43. The van der Waals surface area contributed by atoms with E-state index in [-0.39, 0.29) is 5.56 Å². The summed E-state index contributed by atoms with van der Waals surface area (Å²) in [5, 5.41) is 30.4. The fraction of sp³-hybridized carbons (Fsp3) is 0.273. The van der Waals surface area contributed by atoms with E-state index in [1.54, 1.807) is 0 Å². The van der Waals surface area contributed by atoms with Crippen molar-refractivity contribution in [1.29, 1.82) is 0 Å². The minimum atomic E-state index is -1.54. The summed E-state index contributed by atoms with van der Waals surface area (Å²) < 4.78 is 0. The van der Waals surface area contributed by atoms with Gasteiger partial charge in [-0.3, -0.25) is 14.9 Å². The minimum absolute atomic E-state index is 0.243. The van der Waals surface area contributed by atoms with Crippen molar-refractivity contribution in [3.05, 3.63) is 38.9 Å². The molecule has 0 aromatic heterocycles. The Morgan fingerprint density at radius 2 is 2.05 bits per heavy atom. The number of benzene rings is 1. The van der Waals surface area contributed by atoms with Crippen LogP contribution in [0.15, 0.2) is 18.2 Å². The maximum Gasteiger partial charge on any atom is 0.328 e. The van der Waals surface area contributed by atoms with Crippen molar-refractivity contribution in [3.63, 3.8) is 0 Å². The van der Waals surface area contributed by atoms with E-state index in [0.717, 1.165) is 6.07 Å². The molecule has 0 saturated heterocycles. The second-order valence-corrected chi connectivity index (χ2v) is 4.30. The number of nitrogens with one attached hydrogen (secondary N) is 1. The van der Waals surface area contributed by atoms with E-state index < -0.39 is 39.7 Å². The first-order valence-corrected chi connectivity index (χ1v) is 5.78. The molecule has 2 atom stereocenters. The molecule has 0 radical (unpaired) electrons. The first-order chi connectivity index (χ1) is 9.25. The Morgan fingerprint density at radius 1 is 1.45 bits per heavy atom. The summed E-state index contributed by atoms with van der Waals surface area (Å²) in [6, 6.07) is 2.03. The first-order valence-electron chi connectivity index (χ1n) is 5.40. The van der Waals surface area contributed by atoms with Crippen LogP contribution in [-0.2, 0) is 4.79 Å². The molecule has 0 aliphatic heterocycles. The van der Waals surface area contributed by atoms with Gasteiger partial charge in [-0.2, -0.15) is 0 Å². The van der Waals surface area contributed by atoms with Gasteiger partial charge in [0.25, 0.3) is 11.6 Å². The summed E-state index contributed by atoms with van der Waals surface area (Å²) in [6.45, 7) is 1.19. The Bertz CT molecular complexity index is 560. The lowest BCUT2D eigenvalue weighted by Crippen LogP contribution is -2.47. The van der Waals surface area contributed by atoms with E-state index >= 15 is 0 Å². The van der Waals surface area contributed by atoms with E-state index in [4.69, 9.17) is 16.7 Å². The minimum Gasteiger partial charge on any atom is -0.480 e. The normalized spacial score (nSPS) is 13.3. The maximum atomic E-state index is 11.9. The molecule has 0 fully saturated rings. The lowest BCUT2D eigenvalue weighted by atomic mass is 10.1. The highest BCUT2D eigenvalue weighted by Crippen LogP contribution is 2.27. The third-order valence-corrected chi connectivity index (χ3v) is 2.85. The van der Waals surface area contributed by atoms with Gasteiger partial charge in [0.1, 0.15) is 5.02 Å². The molecular formula is C11H11ClN2O6. The number of halogens is 1. The number of aliphatic hydroxyl groups excluding tert-OH is 1. The lowest BCUT2D eigenvalue weighted by molar-refractivity contribution is -0.384. The Morgan fingerprint density at radius 3 is 2.50 bits per heavy atom. The Labute approximate surface area is 118 Å². The van der Waals surface area contributed by atoms with Crippen LogP contribution in [0.25, 0.3) is 0 Å². The quantitative estimate of drug-likeness (QED) is 0.545. The van der Waals surface area contributed by atoms with Crippen molar-refractivity contribution in [2.75, 3.05) is 0 Å². The van der Waals surface area contributed by atoms with Gasteiger partial charge in [0, 0.05) is 6.07 Å². The van der Waals surface area contributed by atoms with E-state index in [9.17, 15) is 24.8 Å². The number of carbonyl (C=O) groups excluding carboxylic acids is 1. The van der Waals surface area contributed by atoms with Crippen LogP contribution in [-0.4, -0.2) is 39.2 Å². The van der Waals surface area contributed by atoms with E-state index in [2.05, 4.69) is 0 Å². The fourth-order valence-electron chi connectivity index (χ4n) is 1.44. The molecule has 0 spiro atoms. The van der Waals surface area contributed by atoms with Crippen molar-refractivity contribution in [2.45, 2.75) is 19.1 Å². The summed E-state index contributed by atoms with van der Waals surface area (Å²) in [6.07, 6.45) is -1.34. The highest BCUT2D eigenvalue weighted by atomic mass is 35.5. The second kappa shape index (κ2) is 6.31. The number of rotatable bonds is 5. The molecule has 0 saturated carbocycles. The van der Waals surface area contributed by atoms with Gasteiger partial charge in [0.15, 0.2) is 6.04 Å². The van der Waals surface area contributed by atoms with Crippen molar-refractivity contribution < 1.29 is 24.7 Å². The Hall–Kier alpha value is -2.19. The summed E-state index contributed by atoms with van der Waals surface area (Å²) in [5.74, 6) is -2.36. The topological polar surface area (TPSA) is 130 Å². The zero-order valence-corrected chi connectivity index (χ0v) is 11.0. The molecule has 1 aromatic rings. The monoisotopic (exact) mass is 302 g/mol. The van der Waals surface area contributed by atoms with E-state index in [1.165, 1.54) is 19.1 Å². The maximum absolute atomic E-state index is 11.9. The largest absolute Gasteiger partial charge is 0.480 e. The number of nitrogens with zero attached hydrogens (tertiary/aromatic N) is 1. The molecule has 0 aliphatic carbocycles. The number of aliphatic carboxylic acids is 1. The van der Waals surface area contributed by atoms with Crippen molar-refractivity contribution in [3.8, 4) is 0 Å². The SMILES string of the molecule is C[C@@H](O)[C@H](NC(=O)c1cccc([N+](=O)[O-])c1Cl)C(=O)O. The molecule has 8 nitrogen and oxygen atoms in total. The van der Waals surface area contributed by atoms with Crippen LogP contribution in [0.1, 0.15) is 17.3 Å². The molecule has 1 amide bonds. The highest BCUT2D eigenvalue weighted by molar-refractivity contribution is 6.35. The number of aliphatic hydroxyl groups is 1. The number of nitro groups is 1. The third-order valence-electron chi connectivity index (χ3n) is 2.45.